The molecule has 3 N–H and O–H groups in total. The first-order valence-corrected chi connectivity index (χ1v) is 4.52. The van der Waals surface area contributed by atoms with E-state index in [2.05, 4.69) is 5.32 Å². The van der Waals surface area contributed by atoms with Gasteiger partial charge in [-0.25, -0.2) is 4.39 Å². The van der Waals surface area contributed by atoms with Crippen molar-refractivity contribution < 1.29 is 4.39 Å². The molecule has 1 aliphatic heterocycles. The second-order valence-corrected chi connectivity index (χ2v) is 3.49. The summed E-state index contributed by atoms with van der Waals surface area (Å²) in [4.78, 5) is 0. The Labute approximate surface area is 76.9 Å². The van der Waals surface area contributed by atoms with Gasteiger partial charge in [0.05, 0.1) is 0 Å². The minimum atomic E-state index is -0.168. The number of halogens is 1. The Morgan fingerprint density at radius 2 is 2.38 bits per heavy atom. The summed E-state index contributed by atoms with van der Waals surface area (Å²) in [5.41, 5.74) is 7.66. The van der Waals surface area contributed by atoms with Crippen molar-refractivity contribution in [1.29, 1.82) is 0 Å². The summed E-state index contributed by atoms with van der Waals surface area (Å²) in [5, 5.41) is 3.24. The van der Waals surface area contributed by atoms with Gasteiger partial charge in [0.15, 0.2) is 0 Å². The molecule has 1 heterocycles. The number of benzene rings is 1. The summed E-state index contributed by atoms with van der Waals surface area (Å²) < 4.78 is 12.9. The van der Waals surface area contributed by atoms with Crippen LogP contribution < -0.4 is 11.1 Å². The van der Waals surface area contributed by atoms with E-state index >= 15 is 0 Å². The lowest BCUT2D eigenvalue weighted by atomic mass is 9.94. The molecular weight excluding hydrogens is 167 g/mol. The Kier molecular flexibility index (Phi) is 2.19. The summed E-state index contributed by atoms with van der Waals surface area (Å²) in [6.07, 6.45) is 0.886. The predicted molar refractivity (Wildman–Crippen MR) is 51.1 cm³/mol. The molecule has 0 bridgehead atoms. The number of hydrogen-bond acceptors (Lipinski definition) is 2. The summed E-state index contributed by atoms with van der Waals surface area (Å²) in [7, 11) is 0. The maximum absolute atomic E-state index is 12.9. The predicted octanol–water partition coefficient (Wildman–Crippen LogP) is 1.37. The largest absolute Gasteiger partial charge is 0.384 e. The first-order chi connectivity index (χ1) is 6.29. The van der Waals surface area contributed by atoms with E-state index < -0.39 is 0 Å². The number of nitrogens with one attached hydrogen (secondary N) is 1. The van der Waals surface area contributed by atoms with Gasteiger partial charge in [0.1, 0.15) is 5.82 Å². The third-order valence-corrected chi connectivity index (χ3v) is 2.49. The molecule has 0 saturated carbocycles. The SMILES string of the molecule is NCC1CNc2ccc(F)cc2C1. The van der Waals surface area contributed by atoms with Crippen molar-refractivity contribution in [2.45, 2.75) is 6.42 Å². The van der Waals surface area contributed by atoms with Crippen LogP contribution >= 0.6 is 0 Å². The van der Waals surface area contributed by atoms with Gasteiger partial charge >= 0.3 is 0 Å². The van der Waals surface area contributed by atoms with Gasteiger partial charge in [0, 0.05) is 12.2 Å². The van der Waals surface area contributed by atoms with Crippen molar-refractivity contribution in [3.05, 3.63) is 29.6 Å². The number of rotatable bonds is 1. The molecule has 1 unspecified atom stereocenters. The fourth-order valence-corrected chi connectivity index (χ4v) is 1.71. The molecule has 2 nitrogen and oxygen atoms in total. The summed E-state index contributed by atoms with van der Waals surface area (Å²) in [6.45, 7) is 1.55. The maximum atomic E-state index is 12.9. The van der Waals surface area contributed by atoms with Crippen LogP contribution in [0.25, 0.3) is 0 Å². The second-order valence-electron chi connectivity index (χ2n) is 3.49. The van der Waals surface area contributed by atoms with Gasteiger partial charge in [0.2, 0.25) is 0 Å². The van der Waals surface area contributed by atoms with Crippen LogP contribution in [0.3, 0.4) is 0 Å². The van der Waals surface area contributed by atoms with Crippen molar-refractivity contribution >= 4 is 5.69 Å². The molecule has 0 aliphatic carbocycles. The van der Waals surface area contributed by atoms with Crippen molar-refractivity contribution in [3.8, 4) is 0 Å². The molecule has 0 spiro atoms. The van der Waals surface area contributed by atoms with E-state index in [9.17, 15) is 4.39 Å². The Morgan fingerprint density at radius 3 is 3.15 bits per heavy atom. The third-order valence-electron chi connectivity index (χ3n) is 2.49. The van der Waals surface area contributed by atoms with Crippen LogP contribution in [0.2, 0.25) is 0 Å². The van der Waals surface area contributed by atoms with Gasteiger partial charge < -0.3 is 11.1 Å². The summed E-state index contributed by atoms with van der Waals surface area (Å²) in [6, 6.07) is 4.86. The molecule has 3 heteroatoms. The molecular formula is C10H13FN2. The zero-order valence-corrected chi connectivity index (χ0v) is 7.39. The Bertz CT molecular complexity index is 312. The van der Waals surface area contributed by atoms with Gasteiger partial charge in [-0.05, 0) is 42.6 Å². The van der Waals surface area contributed by atoms with Crippen LogP contribution in [0.4, 0.5) is 10.1 Å². The normalized spacial score (nSPS) is 20.6. The van der Waals surface area contributed by atoms with Crippen molar-refractivity contribution in [3.63, 3.8) is 0 Å². The lowest BCUT2D eigenvalue weighted by Gasteiger charge is -2.24. The molecule has 0 fully saturated rings. The molecule has 0 radical (unpaired) electrons. The zero-order valence-electron chi connectivity index (χ0n) is 7.39. The highest BCUT2D eigenvalue weighted by molar-refractivity contribution is 5.53. The number of nitrogens with two attached hydrogens (primary N) is 1. The quantitative estimate of drug-likeness (QED) is 0.685. The third kappa shape index (κ3) is 1.65. The van der Waals surface area contributed by atoms with Crippen LogP contribution in [0.1, 0.15) is 5.56 Å². The number of fused-ring (bicyclic) bond motifs is 1. The number of hydrogen-bond donors (Lipinski definition) is 2. The highest BCUT2D eigenvalue weighted by Gasteiger charge is 2.16. The highest BCUT2D eigenvalue weighted by atomic mass is 19.1. The summed E-state index contributed by atoms with van der Waals surface area (Å²) >= 11 is 0. The Morgan fingerprint density at radius 1 is 1.54 bits per heavy atom. The van der Waals surface area contributed by atoms with Gasteiger partial charge in [-0.3, -0.25) is 0 Å². The zero-order chi connectivity index (χ0) is 9.26. The molecule has 2 rings (SSSR count). The van der Waals surface area contributed by atoms with E-state index in [1.165, 1.54) is 6.07 Å². The molecule has 1 aromatic carbocycles. The minimum Gasteiger partial charge on any atom is -0.384 e. The van der Waals surface area contributed by atoms with E-state index in [0.717, 1.165) is 24.2 Å². The monoisotopic (exact) mass is 180 g/mol. The molecule has 0 aromatic heterocycles. The van der Waals surface area contributed by atoms with Crippen molar-refractivity contribution in [2.24, 2.45) is 11.7 Å². The van der Waals surface area contributed by atoms with E-state index in [0.29, 0.717) is 12.5 Å². The molecule has 0 amide bonds. The van der Waals surface area contributed by atoms with Crippen LogP contribution in [-0.2, 0) is 6.42 Å². The Balaban J connectivity index is 2.27. The van der Waals surface area contributed by atoms with Crippen LogP contribution in [0, 0.1) is 11.7 Å². The van der Waals surface area contributed by atoms with Crippen molar-refractivity contribution in [2.75, 3.05) is 18.4 Å². The fraction of sp³-hybridized carbons (Fsp3) is 0.400. The maximum Gasteiger partial charge on any atom is 0.123 e. The topological polar surface area (TPSA) is 38.0 Å². The van der Waals surface area contributed by atoms with E-state index in [4.69, 9.17) is 5.73 Å². The molecule has 1 aliphatic rings. The number of anilines is 1. The lowest BCUT2D eigenvalue weighted by Crippen LogP contribution is -2.29. The Hall–Kier alpha value is -1.09. The standard InChI is InChI=1S/C10H13FN2/c11-9-1-2-10-8(4-9)3-7(5-12)6-13-10/h1-2,4,7,13H,3,5-6,12H2. The van der Waals surface area contributed by atoms with E-state index in [-0.39, 0.29) is 5.82 Å². The van der Waals surface area contributed by atoms with E-state index in [1.807, 2.05) is 0 Å². The van der Waals surface area contributed by atoms with E-state index in [1.54, 1.807) is 12.1 Å². The molecule has 70 valence electrons. The van der Waals surface area contributed by atoms with Crippen LogP contribution in [-0.4, -0.2) is 13.1 Å². The first-order valence-electron chi connectivity index (χ1n) is 4.52. The lowest BCUT2D eigenvalue weighted by molar-refractivity contribution is 0.544. The van der Waals surface area contributed by atoms with Gasteiger partial charge in [0.25, 0.3) is 0 Å². The highest BCUT2D eigenvalue weighted by Crippen LogP contribution is 2.24. The molecule has 13 heavy (non-hydrogen) atoms. The molecule has 0 saturated heterocycles. The average Bonchev–Trinajstić information content (AvgIpc) is 2.16. The van der Waals surface area contributed by atoms with Crippen LogP contribution in [0.15, 0.2) is 18.2 Å². The minimum absolute atomic E-state index is 0.168. The van der Waals surface area contributed by atoms with Crippen molar-refractivity contribution in [1.82, 2.24) is 0 Å². The van der Waals surface area contributed by atoms with Crippen LogP contribution in [0.5, 0.6) is 0 Å². The van der Waals surface area contributed by atoms with Gasteiger partial charge in [-0.15, -0.1) is 0 Å². The van der Waals surface area contributed by atoms with Gasteiger partial charge in [-0.1, -0.05) is 0 Å². The molecule has 1 aromatic rings. The molecule has 1 atom stereocenters. The second kappa shape index (κ2) is 3.34. The first kappa shape index (κ1) is 8.51. The average molecular weight is 180 g/mol. The smallest absolute Gasteiger partial charge is 0.123 e. The van der Waals surface area contributed by atoms with Gasteiger partial charge in [-0.2, -0.15) is 0 Å². The summed E-state index contributed by atoms with van der Waals surface area (Å²) in [5.74, 6) is 0.271. The fourth-order valence-electron chi connectivity index (χ4n) is 1.71.